The molecule has 278 valence electrons. The molecule has 1 aliphatic rings. The Kier molecular flexibility index (Phi) is 12.2. The van der Waals surface area contributed by atoms with Crippen molar-refractivity contribution in [3.8, 4) is 22.6 Å². The number of aliphatic hydroxyl groups is 1. The molecule has 0 saturated carbocycles. The lowest BCUT2D eigenvalue weighted by atomic mass is 9.99. The minimum atomic E-state index is -1.02. The van der Waals surface area contributed by atoms with E-state index in [1.807, 2.05) is 103 Å². The zero-order valence-corrected chi connectivity index (χ0v) is 30.5. The minimum Gasteiger partial charge on any atom is -0.478 e. The van der Waals surface area contributed by atoms with Crippen LogP contribution < -0.4 is 15.4 Å². The van der Waals surface area contributed by atoms with E-state index in [0.717, 1.165) is 39.1 Å². The average molecular weight is 754 g/mol. The van der Waals surface area contributed by atoms with Crippen LogP contribution >= 0.6 is 11.8 Å². The van der Waals surface area contributed by atoms with Crippen molar-refractivity contribution in [1.82, 2.24) is 10.3 Å². The van der Waals surface area contributed by atoms with E-state index < -0.39 is 12.3 Å². The number of carbonyl (C=O) groups excluding carboxylic acids is 1. The molecule has 1 saturated heterocycles. The van der Waals surface area contributed by atoms with Gasteiger partial charge in [0.05, 0.1) is 24.4 Å². The summed E-state index contributed by atoms with van der Waals surface area (Å²) in [4.78, 5) is 28.8. The summed E-state index contributed by atoms with van der Waals surface area (Å²) in [5, 5.41) is 25.4. The summed E-state index contributed by atoms with van der Waals surface area (Å²) in [6.07, 6.45) is 0.936. The van der Waals surface area contributed by atoms with Crippen molar-refractivity contribution in [3.63, 3.8) is 0 Å². The number of aromatic nitrogens is 1. The molecule has 7 rings (SSSR count). The van der Waals surface area contributed by atoms with E-state index in [0.29, 0.717) is 35.2 Å². The molecule has 1 aromatic heterocycles. The molecule has 0 radical (unpaired) electrons. The van der Waals surface area contributed by atoms with Crippen LogP contribution in [0, 0.1) is 0 Å². The van der Waals surface area contributed by atoms with Crippen LogP contribution in [0.15, 0.2) is 151 Å². The quantitative estimate of drug-likeness (QED) is 0.0850. The van der Waals surface area contributed by atoms with Gasteiger partial charge in [0.25, 0.3) is 0 Å². The third-order valence-electron chi connectivity index (χ3n) is 9.01. The van der Waals surface area contributed by atoms with Gasteiger partial charge in [0.15, 0.2) is 6.29 Å². The van der Waals surface area contributed by atoms with Gasteiger partial charge in [-0.3, -0.25) is 0 Å². The fraction of sp³-hybridized carbons (Fsp3) is 0.159. The van der Waals surface area contributed by atoms with E-state index in [1.54, 1.807) is 42.6 Å². The number of pyridine rings is 1. The number of aliphatic hydroxyl groups excluding tert-OH is 1. The van der Waals surface area contributed by atoms with E-state index in [9.17, 15) is 19.8 Å². The topological polar surface area (TPSA) is 139 Å². The number of anilines is 1. The van der Waals surface area contributed by atoms with Crippen molar-refractivity contribution in [2.45, 2.75) is 43.1 Å². The van der Waals surface area contributed by atoms with Crippen molar-refractivity contribution in [2.24, 2.45) is 0 Å². The first kappa shape index (κ1) is 37.3. The van der Waals surface area contributed by atoms with Gasteiger partial charge in [-0.05, 0) is 82.4 Å². The van der Waals surface area contributed by atoms with Gasteiger partial charge >= 0.3 is 12.0 Å². The Hall–Kier alpha value is -5.98. The minimum absolute atomic E-state index is 0.0461. The monoisotopic (exact) mass is 753 g/mol. The third kappa shape index (κ3) is 9.97. The molecule has 0 spiro atoms. The van der Waals surface area contributed by atoms with Crippen LogP contribution in [-0.4, -0.2) is 39.1 Å². The Morgan fingerprint density at radius 3 is 2.25 bits per heavy atom. The molecule has 1 aliphatic heterocycles. The Labute approximate surface area is 323 Å². The largest absolute Gasteiger partial charge is 0.478 e. The summed E-state index contributed by atoms with van der Waals surface area (Å²) in [5.74, 6) is 0.870. The second-order valence-electron chi connectivity index (χ2n) is 12.9. The van der Waals surface area contributed by atoms with Crippen LogP contribution in [0.2, 0.25) is 0 Å². The summed E-state index contributed by atoms with van der Waals surface area (Å²) in [6.45, 7) is 0.290. The second-order valence-corrected chi connectivity index (χ2v) is 13.9. The van der Waals surface area contributed by atoms with Crippen molar-refractivity contribution in [2.75, 3.05) is 11.1 Å². The van der Waals surface area contributed by atoms with Gasteiger partial charge in [-0.25, -0.2) is 14.6 Å². The number of thioether (sulfide) groups is 1. The molecule has 55 heavy (non-hydrogen) atoms. The highest BCUT2D eigenvalue weighted by atomic mass is 32.2. The van der Waals surface area contributed by atoms with E-state index in [1.165, 1.54) is 11.8 Å². The summed E-state index contributed by atoms with van der Waals surface area (Å²) in [5.41, 5.74) is 6.34. The smallest absolute Gasteiger partial charge is 0.338 e. The van der Waals surface area contributed by atoms with Gasteiger partial charge in [0, 0.05) is 36.2 Å². The van der Waals surface area contributed by atoms with Gasteiger partial charge < -0.3 is 35.1 Å². The number of ether oxygens (including phenoxy) is 3. The summed E-state index contributed by atoms with van der Waals surface area (Å²) in [6, 6.07) is 43.2. The van der Waals surface area contributed by atoms with Crippen LogP contribution in [0.4, 0.5) is 10.5 Å². The first-order valence-electron chi connectivity index (χ1n) is 17.8. The highest BCUT2D eigenvalue weighted by Crippen LogP contribution is 2.40. The van der Waals surface area contributed by atoms with Crippen LogP contribution in [-0.2, 0) is 22.6 Å². The third-order valence-corrected chi connectivity index (χ3v) is 10.1. The van der Waals surface area contributed by atoms with Gasteiger partial charge in [0.2, 0.25) is 0 Å². The lowest BCUT2D eigenvalue weighted by Gasteiger charge is -2.36. The van der Waals surface area contributed by atoms with Gasteiger partial charge in [-0.1, -0.05) is 84.9 Å². The second kappa shape index (κ2) is 17.9. The highest BCUT2D eigenvalue weighted by molar-refractivity contribution is 7.99. The van der Waals surface area contributed by atoms with E-state index in [-0.39, 0.29) is 30.4 Å². The van der Waals surface area contributed by atoms with Gasteiger partial charge in [-0.15, -0.1) is 11.8 Å². The van der Waals surface area contributed by atoms with E-state index >= 15 is 0 Å². The molecule has 3 atom stereocenters. The molecular weight excluding hydrogens is 715 g/mol. The van der Waals surface area contributed by atoms with Crippen LogP contribution in [0.1, 0.15) is 51.4 Å². The molecular formula is C44H39N3O7S. The predicted molar refractivity (Wildman–Crippen MR) is 211 cm³/mol. The maximum absolute atomic E-state index is 12.7. The summed E-state index contributed by atoms with van der Waals surface area (Å²) in [7, 11) is 0. The molecule has 2 heterocycles. The average Bonchev–Trinajstić information content (AvgIpc) is 3.23. The maximum atomic E-state index is 12.7. The Morgan fingerprint density at radius 1 is 0.764 bits per heavy atom. The zero-order chi connectivity index (χ0) is 38.0. The highest BCUT2D eigenvalue weighted by Gasteiger charge is 2.32. The number of rotatable bonds is 13. The molecule has 2 amide bonds. The fourth-order valence-corrected chi connectivity index (χ4v) is 7.15. The summed E-state index contributed by atoms with van der Waals surface area (Å²) >= 11 is 1.35. The number of hydrogen-bond donors (Lipinski definition) is 4. The molecule has 11 heteroatoms. The van der Waals surface area contributed by atoms with Crippen molar-refractivity contribution >= 4 is 29.4 Å². The van der Waals surface area contributed by atoms with Crippen LogP contribution in [0.3, 0.4) is 0 Å². The Bertz CT molecular complexity index is 2200. The number of para-hydroxylation sites is 1. The number of amides is 2. The Morgan fingerprint density at radius 2 is 1.51 bits per heavy atom. The Balaban J connectivity index is 0.984. The fourth-order valence-electron chi connectivity index (χ4n) is 6.15. The number of hydrogen-bond acceptors (Lipinski definition) is 8. The molecule has 6 aromatic rings. The van der Waals surface area contributed by atoms with Crippen molar-refractivity contribution in [3.05, 3.63) is 174 Å². The normalized spacial score (nSPS) is 16.6. The van der Waals surface area contributed by atoms with E-state index in [2.05, 4.69) is 15.6 Å². The van der Waals surface area contributed by atoms with Crippen LogP contribution in [0.25, 0.3) is 11.1 Å². The first-order chi connectivity index (χ1) is 26.9. The van der Waals surface area contributed by atoms with Gasteiger partial charge in [0.1, 0.15) is 16.5 Å². The first-order valence-corrected chi connectivity index (χ1v) is 18.8. The predicted octanol–water partition coefficient (Wildman–Crippen LogP) is 9.39. The number of benzene rings is 5. The lowest BCUT2D eigenvalue weighted by molar-refractivity contribution is -0.245. The van der Waals surface area contributed by atoms with Crippen molar-refractivity contribution in [1.29, 1.82) is 0 Å². The zero-order valence-electron chi connectivity index (χ0n) is 29.7. The number of carbonyl (C=O) groups is 2. The number of aromatic carboxylic acids is 1. The standard InChI is InChI=1S/C44H39N3O7S/c48-27-29-11-13-32(14-12-29)40-25-38(28-55-41-39(42(49)50)10-5-23-45-41)53-43(54-40)33-17-15-31(16-18-33)34-7-4-6-30(24-34)26-46-44(51)47-35-19-21-37(22-20-35)52-36-8-2-1-3-9-36/h1-24,38,40,43,48H,25-28H2,(H,49,50)(H2,46,47,51)/t38-,40+,43+/m0/s1. The van der Waals surface area contributed by atoms with Gasteiger partial charge in [-0.2, -0.15) is 0 Å². The number of nitrogens with one attached hydrogen (secondary N) is 2. The number of urea groups is 1. The molecule has 0 aliphatic carbocycles. The van der Waals surface area contributed by atoms with Crippen molar-refractivity contribution < 1.29 is 34.0 Å². The maximum Gasteiger partial charge on any atom is 0.338 e. The molecule has 0 unspecified atom stereocenters. The molecule has 5 aromatic carbocycles. The molecule has 1 fully saturated rings. The lowest BCUT2D eigenvalue weighted by Crippen LogP contribution is -2.31. The van der Waals surface area contributed by atoms with E-state index in [4.69, 9.17) is 14.2 Å². The SMILES string of the molecule is O=C(NCc1cccc(-c2ccc([C@@H]3O[C@H](CSc4ncccc4C(=O)O)C[C@H](c4ccc(CO)cc4)O3)cc2)c1)Nc1ccc(Oc2ccccc2)cc1. The van der Waals surface area contributed by atoms with Crippen LogP contribution in [0.5, 0.6) is 11.5 Å². The number of carboxylic acids is 1. The number of nitrogens with zero attached hydrogens (tertiary/aromatic N) is 1. The molecule has 4 N–H and O–H groups in total. The molecule has 0 bridgehead atoms. The number of carboxylic acid groups (broad SMARTS) is 1. The summed E-state index contributed by atoms with van der Waals surface area (Å²) < 4.78 is 18.8. The molecule has 10 nitrogen and oxygen atoms in total.